The number of hydrogen-bond donors (Lipinski definition) is 1. The first kappa shape index (κ1) is 18.9. The smallest absolute Gasteiger partial charge is 0.325 e. The quantitative estimate of drug-likeness (QED) is 0.693. The second-order valence-electron chi connectivity index (χ2n) is 4.75. The van der Waals surface area contributed by atoms with E-state index >= 15 is 0 Å². The molecule has 1 aromatic heterocycles. The summed E-state index contributed by atoms with van der Waals surface area (Å²) in [5, 5.41) is 2.55. The van der Waals surface area contributed by atoms with Crippen molar-refractivity contribution in [2.24, 2.45) is 0 Å². The molecule has 0 aliphatic carbocycles. The molecule has 1 heterocycles. The standard InChI is InChI=1S/C15H11Cl2F3N2OS/c1-8(24-13-5-3-10(17)7-21-13)14(23)22-12-4-2-9(16)6-11(12)15(18,19)20/h2-8H,1H3,(H,22,23). The van der Waals surface area contributed by atoms with Crippen LogP contribution >= 0.6 is 35.0 Å². The molecular weight excluding hydrogens is 384 g/mol. The molecule has 2 rings (SSSR count). The van der Waals surface area contributed by atoms with Crippen molar-refractivity contribution in [3.8, 4) is 0 Å². The number of alkyl halides is 3. The highest BCUT2D eigenvalue weighted by molar-refractivity contribution is 8.00. The minimum Gasteiger partial charge on any atom is -0.325 e. The number of hydrogen-bond acceptors (Lipinski definition) is 3. The molecule has 0 saturated carbocycles. The van der Waals surface area contributed by atoms with E-state index in [0.717, 1.165) is 23.9 Å². The van der Waals surface area contributed by atoms with Gasteiger partial charge in [-0.3, -0.25) is 4.79 Å². The molecule has 0 radical (unpaired) electrons. The van der Waals surface area contributed by atoms with Crippen molar-refractivity contribution in [3.05, 3.63) is 52.1 Å². The van der Waals surface area contributed by atoms with E-state index in [1.165, 1.54) is 12.3 Å². The Hall–Kier alpha value is -1.44. The number of thioether (sulfide) groups is 1. The monoisotopic (exact) mass is 394 g/mol. The number of carbonyl (C=O) groups is 1. The number of halogens is 5. The number of aromatic nitrogens is 1. The summed E-state index contributed by atoms with van der Waals surface area (Å²) >= 11 is 12.4. The Kier molecular flexibility index (Phi) is 6.01. The van der Waals surface area contributed by atoms with E-state index in [4.69, 9.17) is 23.2 Å². The van der Waals surface area contributed by atoms with E-state index in [2.05, 4.69) is 10.3 Å². The normalized spacial score (nSPS) is 12.8. The van der Waals surface area contributed by atoms with Gasteiger partial charge >= 0.3 is 6.18 Å². The van der Waals surface area contributed by atoms with E-state index in [9.17, 15) is 18.0 Å². The number of carbonyl (C=O) groups excluding carboxylic acids is 1. The minimum atomic E-state index is -4.62. The van der Waals surface area contributed by atoms with Crippen molar-refractivity contribution in [2.75, 3.05) is 5.32 Å². The van der Waals surface area contributed by atoms with Crippen LogP contribution in [0.5, 0.6) is 0 Å². The van der Waals surface area contributed by atoms with Crippen molar-refractivity contribution in [2.45, 2.75) is 23.4 Å². The SMILES string of the molecule is CC(Sc1ccc(Cl)cn1)C(=O)Nc1ccc(Cl)cc1C(F)(F)F. The largest absolute Gasteiger partial charge is 0.418 e. The number of nitrogens with zero attached hydrogens (tertiary/aromatic N) is 1. The second kappa shape index (κ2) is 7.63. The Morgan fingerprint density at radius 1 is 1.21 bits per heavy atom. The van der Waals surface area contributed by atoms with Gasteiger partial charge in [-0.1, -0.05) is 35.0 Å². The van der Waals surface area contributed by atoms with Gasteiger partial charge in [0.25, 0.3) is 0 Å². The van der Waals surface area contributed by atoms with Crippen LogP contribution in [0.25, 0.3) is 0 Å². The second-order valence-corrected chi connectivity index (χ2v) is 6.99. The zero-order valence-electron chi connectivity index (χ0n) is 12.2. The molecule has 1 amide bonds. The Labute approximate surface area is 150 Å². The summed E-state index contributed by atoms with van der Waals surface area (Å²) in [7, 11) is 0. The lowest BCUT2D eigenvalue weighted by Gasteiger charge is -2.16. The summed E-state index contributed by atoms with van der Waals surface area (Å²) in [5.41, 5.74) is -1.33. The number of rotatable bonds is 4. The van der Waals surface area contributed by atoms with E-state index in [1.54, 1.807) is 19.1 Å². The van der Waals surface area contributed by atoms with Gasteiger partial charge in [-0.05, 0) is 37.3 Å². The molecule has 1 atom stereocenters. The number of benzene rings is 1. The predicted molar refractivity (Wildman–Crippen MR) is 89.6 cm³/mol. The molecule has 0 spiro atoms. The van der Waals surface area contributed by atoms with Gasteiger partial charge in [-0.2, -0.15) is 13.2 Å². The van der Waals surface area contributed by atoms with Crippen molar-refractivity contribution >= 4 is 46.6 Å². The van der Waals surface area contributed by atoms with Gasteiger partial charge in [-0.25, -0.2) is 4.98 Å². The Morgan fingerprint density at radius 2 is 1.88 bits per heavy atom. The predicted octanol–water partition coefficient (Wildman–Crippen LogP) is 5.53. The third-order valence-corrected chi connectivity index (χ3v) is 4.42. The summed E-state index contributed by atoms with van der Waals surface area (Å²) in [6.07, 6.45) is -3.20. The molecule has 1 unspecified atom stereocenters. The van der Waals surface area contributed by atoms with Crippen LogP contribution in [0.3, 0.4) is 0 Å². The topological polar surface area (TPSA) is 42.0 Å². The molecule has 0 fully saturated rings. The van der Waals surface area contributed by atoms with Crippen LogP contribution in [0.1, 0.15) is 12.5 Å². The van der Waals surface area contributed by atoms with Gasteiger partial charge in [0.05, 0.1) is 26.5 Å². The minimum absolute atomic E-state index is 0.0619. The maximum atomic E-state index is 13.0. The Balaban J connectivity index is 2.13. The molecule has 0 aliphatic heterocycles. The highest BCUT2D eigenvalue weighted by Gasteiger charge is 2.34. The molecule has 2 aromatic rings. The van der Waals surface area contributed by atoms with Crippen LogP contribution in [0.2, 0.25) is 10.0 Å². The highest BCUT2D eigenvalue weighted by atomic mass is 35.5. The summed E-state index contributed by atoms with van der Waals surface area (Å²) in [6, 6.07) is 6.42. The maximum Gasteiger partial charge on any atom is 0.418 e. The molecule has 9 heteroatoms. The van der Waals surface area contributed by atoms with Crippen LogP contribution in [0, 0.1) is 0 Å². The van der Waals surface area contributed by atoms with Crippen LogP contribution in [0.15, 0.2) is 41.6 Å². The van der Waals surface area contributed by atoms with Crippen LogP contribution < -0.4 is 5.32 Å². The van der Waals surface area contributed by atoms with Crippen molar-refractivity contribution < 1.29 is 18.0 Å². The molecule has 1 N–H and O–H groups in total. The van der Waals surface area contributed by atoms with E-state index in [-0.39, 0.29) is 10.7 Å². The zero-order valence-corrected chi connectivity index (χ0v) is 14.5. The van der Waals surface area contributed by atoms with Gasteiger partial charge in [0.1, 0.15) is 0 Å². The van der Waals surface area contributed by atoms with E-state index in [1.807, 2.05) is 0 Å². The van der Waals surface area contributed by atoms with E-state index < -0.39 is 22.9 Å². The third kappa shape index (κ3) is 5.03. The van der Waals surface area contributed by atoms with E-state index in [0.29, 0.717) is 10.0 Å². The van der Waals surface area contributed by atoms with Crippen molar-refractivity contribution in [1.29, 1.82) is 0 Å². The molecule has 1 aromatic carbocycles. The van der Waals surface area contributed by atoms with Crippen LogP contribution in [0.4, 0.5) is 18.9 Å². The molecule has 0 saturated heterocycles. The van der Waals surface area contributed by atoms with Gasteiger partial charge in [0, 0.05) is 11.2 Å². The first-order valence-electron chi connectivity index (χ1n) is 6.62. The maximum absolute atomic E-state index is 13.0. The summed E-state index contributed by atoms with van der Waals surface area (Å²) < 4.78 is 39.1. The van der Waals surface area contributed by atoms with Gasteiger partial charge in [-0.15, -0.1) is 0 Å². The Bertz CT molecular complexity index is 738. The number of nitrogens with one attached hydrogen (secondary N) is 1. The molecule has 0 bridgehead atoms. The Morgan fingerprint density at radius 3 is 2.46 bits per heavy atom. The average Bonchev–Trinajstić information content (AvgIpc) is 2.50. The molecular formula is C15H11Cl2F3N2OS. The first-order valence-corrected chi connectivity index (χ1v) is 8.26. The molecule has 24 heavy (non-hydrogen) atoms. The number of amides is 1. The summed E-state index contributed by atoms with van der Waals surface area (Å²) in [5.74, 6) is -0.579. The van der Waals surface area contributed by atoms with Crippen LogP contribution in [-0.4, -0.2) is 16.1 Å². The van der Waals surface area contributed by atoms with Gasteiger partial charge in [0.15, 0.2) is 0 Å². The van der Waals surface area contributed by atoms with Crippen molar-refractivity contribution in [1.82, 2.24) is 4.98 Å². The molecule has 128 valence electrons. The molecule has 3 nitrogen and oxygen atoms in total. The third-order valence-electron chi connectivity index (χ3n) is 2.91. The number of anilines is 1. The van der Waals surface area contributed by atoms with Crippen LogP contribution in [-0.2, 0) is 11.0 Å². The average molecular weight is 395 g/mol. The number of pyridine rings is 1. The lowest BCUT2D eigenvalue weighted by atomic mass is 10.1. The summed E-state index contributed by atoms with van der Waals surface area (Å²) in [4.78, 5) is 16.2. The fraction of sp³-hybridized carbons (Fsp3) is 0.200. The summed E-state index contributed by atoms with van der Waals surface area (Å²) in [6.45, 7) is 1.57. The van der Waals surface area contributed by atoms with Crippen molar-refractivity contribution in [3.63, 3.8) is 0 Å². The zero-order chi connectivity index (χ0) is 17.9. The first-order chi connectivity index (χ1) is 11.2. The lowest BCUT2D eigenvalue weighted by molar-refractivity contribution is -0.137. The van der Waals surface area contributed by atoms with Gasteiger partial charge in [0.2, 0.25) is 5.91 Å². The fourth-order valence-corrected chi connectivity index (χ4v) is 2.83. The fourth-order valence-electron chi connectivity index (χ4n) is 1.76. The highest BCUT2D eigenvalue weighted by Crippen LogP contribution is 2.37. The van der Waals surface area contributed by atoms with Gasteiger partial charge < -0.3 is 5.32 Å². The molecule has 0 aliphatic rings. The lowest BCUT2D eigenvalue weighted by Crippen LogP contribution is -2.24.